The molecular formula is C30H30ClN3O4. The smallest absolute Gasteiger partial charge is 0.273 e. The Labute approximate surface area is 227 Å². The second-order valence-corrected chi connectivity index (χ2v) is 9.75. The van der Waals surface area contributed by atoms with Crippen LogP contribution in [-0.2, 0) is 6.54 Å². The monoisotopic (exact) mass is 531 g/mol. The Morgan fingerprint density at radius 1 is 1.03 bits per heavy atom. The zero-order chi connectivity index (χ0) is 27.0. The van der Waals surface area contributed by atoms with Crippen molar-refractivity contribution in [2.24, 2.45) is 0 Å². The number of phenols is 1. The minimum Gasteiger partial charge on any atom is -0.507 e. The minimum absolute atomic E-state index is 0.141. The molecule has 1 aromatic heterocycles. The molecule has 0 saturated carbocycles. The van der Waals surface area contributed by atoms with Crippen molar-refractivity contribution in [3.05, 3.63) is 93.1 Å². The van der Waals surface area contributed by atoms with Crippen LogP contribution >= 0.6 is 11.6 Å². The summed E-state index contributed by atoms with van der Waals surface area (Å²) < 4.78 is 11.7. The number of carbonyl (C=O) groups excluding carboxylic acids is 1. The number of benzene rings is 3. The molecule has 0 aliphatic carbocycles. The highest BCUT2D eigenvalue weighted by Gasteiger charge is 2.43. The fourth-order valence-electron chi connectivity index (χ4n) is 5.10. The quantitative estimate of drug-likeness (QED) is 0.267. The summed E-state index contributed by atoms with van der Waals surface area (Å²) >= 11 is 6.51. The van der Waals surface area contributed by atoms with Crippen molar-refractivity contribution in [2.45, 2.75) is 40.3 Å². The van der Waals surface area contributed by atoms with Crippen molar-refractivity contribution < 1.29 is 19.4 Å². The highest BCUT2D eigenvalue weighted by molar-refractivity contribution is 6.31. The molecule has 0 radical (unpaired) electrons. The molecule has 1 aliphatic rings. The second kappa shape index (κ2) is 10.4. The number of hydrogen-bond acceptors (Lipinski definition) is 5. The highest BCUT2D eigenvalue weighted by atomic mass is 35.5. The van der Waals surface area contributed by atoms with E-state index in [2.05, 4.69) is 10.2 Å². The van der Waals surface area contributed by atoms with Crippen molar-refractivity contribution in [2.75, 3.05) is 13.2 Å². The number of phenolic OH excluding ortho intramolecular Hbond substituents is 1. The number of aromatic amines is 1. The molecule has 0 bridgehead atoms. The summed E-state index contributed by atoms with van der Waals surface area (Å²) in [5.41, 5.74) is 5.60. The molecule has 7 nitrogen and oxygen atoms in total. The standard InChI is InChI=1S/C30H30ClN3O4/c1-5-37-23-12-11-19(15-24(23)38-6-2)28-25-26(21-14-17(3)13-18(4)29(21)35)32-33-27(25)30(36)34(28)16-20-9-7-8-10-22(20)31/h7-15,28,35H,5-6,16H2,1-4H3,(H,32,33). The zero-order valence-electron chi connectivity index (χ0n) is 21.8. The first-order chi connectivity index (χ1) is 18.3. The number of amides is 1. The van der Waals surface area contributed by atoms with Crippen molar-refractivity contribution >= 4 is 17.5 Å². The van der Waals surface area contributed by atoms with Gasteiger partial charge in [-0.25, -0.2) is 0 Å². The number of H-pyrrole nitrogens is 1. The van der Waals surface area contributed by atoms with Gasteiger partial charge >= 0.3 is 0 Å². The number of nitrogens with one attached hydrogen (secondary N) is 1. The van der Waals surface area contributed by atoms with Gasteiger partial charge in [0.05, 0.1) is 19.3 Å². The summed E-state index contributed by atoms with van der Waals surface area (Å²) in [6.07, 6.45) is 0. The van der Waals surface area contributed by atoms with E-state index in [0.29, 0.717) is 58.8 Å². The molecule has 2 heterocycles. The molecule has 1 amide bonds. The molecule has 1 unspecified atom stereocenters. The van der Waals surface area contributed by atoms with Crippen LogP contribution in [0.1, 0.15) is 58.2 Å². The van der Waals surface area contributed by atoms with E-state index in [9.17, 15) is 9.90 Å². The highest BCUT2D eigenvalue weighted by Crippen LogP contribution is 2.47. The van der Waals surface area contributed by atoms with Gasteiger partial charge in [0.15, 0.2) is 11.5 Å². The number of hydrogen-bond donors (Lipinski definition) is 2. The number of rotatable bonds is 8. The molecule has 1 atom stereocenters. The lowest BCUT2D eigenvalue weighted by atomic mass is 9.93. The molecule has 0 fully saturated rings. The summed E-state index contributed by atoms with van der Waals surface area (Å²) in [6, 6.07) is 16.5. The zero-order valence-corrected chi connectivity index (χ0v) is 22.6. The van der Waals surface area contributed by atoms with Gasteiger partial charge in [-0.3, -0.25) is 9.89 Å². The SMILES string of the molecule is CCOc1ccc(C2c3c(-c4cc(C)cc(C)c4O)n[nH]c3C(=O)N2Cc2ccccc2Cl)cc1OCC. The van der Waals surface area contributed by atoms with Crippen LogP contribution in [0.5, 0.6) is 17.2 Å². The minimum atomic E-state index is -0.502. The lowest BCUT2D eigenvalue weighted by Crippen LogP contribution is -2.29. The van der Waals surface area contributed by atoms with E-state index in [1.54, 1.807) is 4.90 Å². The number of aromatic nitrogens is 2. The Balaban J connectivity index is 1.70. The molecule has 38 heavy (non-hydrogen) atoms. The third-order valence-electron chi connectivity index (χ3n) is 6.75. The van der Waals surface area contributed by atoms with E-state index in [1.165, 1.54) is 0 Å². The van der Waals surface area contributed by atoms with E-state index >= 15 is 0 Å². The second-order valence-electron chi connectivity index (χ2n) is 9.34. The summed E-state index contributed by atoms with van der Waals surface area (Å²) in [4.78, 5) is 15.6. The summed E-state index contributed by atoms with van der Waals surface area (Å²) in [5, 5.41) is 19.1. The van der Waals surface area contributed by atoms with E-state index in [1.807, 2.05) is 82.3 Å². The largest absolute Gasteiger partial charge is 0.507 e. The molecule has 3 aromatic carbocycles. The van der Waals surface area contributed by atoms with Crippen LogP contribution in [0.4, 0.5) is 0 Å². The maximum atomic E-state index is 13.8. The molecule has 2 N–H and O–H groups in total. The molecule has 5 rings (SSSR count). The van der Waals surface area contributed by atoms with E-state index in [0.717, 1.165) is 22.3 Å². The number of aryl methyl sites for hydroxylation is 2. The van der Waals surface area contributed by atoms with Crippen molar-refractivity contribution in [3.63, 3.8) is 0 Å². The average molecular weight is 532 g/mol. The number of ether oxygens (including phenoxy) is 2. The molecule has 0 saturated heterocycles. The van der Waals surface area contributed by atoms with Crippen molar-refractivity contribution in [3.8, 4) is 28.5 Å². The van der Waals surface area contributed by atoms with Crippen molar-refractivity contribution in [1.82, 2.24) is 15.1 Å². The van der Waals surface area contributed by atoms with Gasteiger partial charge in [-0.2, -0.15) is 5.10 Å². The molecular weight excluding hydrogens is 502 g/mol. The van der Waals surface area contributed by atoms with Gasteiger partial charge < -0.3 is 19.5 Å². The van der Waals surface area contributed by atoms with Gasteiger partial charge in [0.25, 0.3) is 5.91 Å². The summed E-state index contributed by atoms with van der Waals surface area (Å²) in [7, 11) is 0. The number of fused-ring (bicyclic) bond motifs is 1. The topological polar surface area (TPSA) is 87.7 Å². The maximum Gasteiger partial charge on any atom is 0.273 e. The third kappa shape index (κ3) is 4.47. The summed E-state index contributed by atoms with van der Waals surface area (Å²) in [5.74, 6) is 1.19. The Morgan fingerprint density at radius 3 is 2.50 bits per heavy atom. The van der Waals surface area contributed by atoms with E-state index in [4.69, 9.17) is 21.1 Å². The van der Waals surface area contributed by atoms with Crippen LogP contribution < -0.4 is 9.47 Å². The average Bonchev–Trinajstić information content (AvgIpc) is 3.43. The van der Waals surface area contributed by atoms with Gasteiger partial charge in [0.1, 0.15) is 17.1 Å². The first-order valence-electron chi connectivity index (χ1n) is 12.7. The molecule has 8 heteroatoms. The molecule has 0 spiro atoms. The Morgan fingerprint density at radius 2 is 1.76 bits per heavy atom. The molecule has 196 valence electrons. The van der Waals surface area contributed by atoms with Crippen LogP contribution in [0.25, 0.3) is 11.3 Å². The first-order valence-corrected chi connectivity index (χ1v) is 13.0. The lowest BCUT2D eigenvalue weighted by molar-refractivity contribution is 0.0730. The van der Waals surface area contributed by atoms with Crippen LogP contribution in [0.3, 0.4) is 0 Å². The molecule has 4 aromatic rings. The maximum absolute atomic E-state index is 13.8. The Kier molecular flexibility index (Phi) is 7.04. The fourth-order valence-corrected chi connectivity index (χ4v) is 5.30. The number of carbonyl (C=O) groups is 1. The third-order valence-corrected chi connectivity index (χ3v) is 7.11. The van der Waals surface area contributed by atoms with Crippen LogP contribution in [0.2, 0.25) is 5.02 Å². The summed E-state index contributed by atoms with van der Waals surface area (Å²) in [6.45, 7) is 8.92. The van der Waals surface area contributed by atoms with Crippen LogP contribution in [0, 0.1) is 13.8 Å². The van der Waals surface area contributed by atoms with Crippen LogP contribution in [0.15, 0.2) is 54.6 Å². The first kappa shape index (κ1) is 25.7. The Bertz CT molecular complexity index is 1510. The molecule has 1 aliphatic heterocycles. The van der Waals surface area contributed by atoms with Gasteiger partial charge in [-0.15, -0.1) is 0 Å². The van der Waals surface area contributed by atoms with Crippen LogP contribution in [-0.4, -0.2) is 39.3 Å². The predicted molar refractivity (Wildman–Crippen MR) is 147 cm³/mol. The van der Waals surface area contributed by atoms with Gasteiger partial charge in [-0.1, -0.05) is 41.9 Å². The van der Waals surface area contributed by atoms with E-state index in [-0.39, 0.29) is 11.7 Å². The lowest BCUT2D eigenvalue weighted by Gasteiger charge is -2.27. The van der Waals surface area contributed by atoms with Gasteiger partial charge in [0.2, 0.25) is 0 Å². The number of nitrogens with zero attached hydrogens (tertiary/aromatic N) is 2. The normalized spacial score (nSPS) is 14.6. The number of aromatic hydroxyl groups is 1. The van der Waals surface area contributed by atoms with Gasteiger partial charge in [-0.05, 0) is 74.2 Å². The Hall–Kier alpha value is -3.97. The number of halogens is 1. The van der Waals surface area contributed by atoms with Gasteiger partial charge in [0, 0.05) is 22.7 Å². The van der Waals surface area contributed by atoms with Crippen molar-refractivity contribution in [1.29, 1.82) is 0 Å². The predicted octanol–water partition coefficient (Wildman–Crippen LogP) is 6.60. The van der Waals surface area contributed by atoms with E-state index < -0.39 is 6.04 Å². The fraction of sp³-hybridized carbons (Fsp3) is 0.267.